The van der Waals surface area contributed by atoms with E-state index in [1.165, 1.54) is 0 Å². The maximum atomic E-state index is 14.3. The molecule has 0 saturated heterocycles. The predicted octanol–water partition coefficient (Wildman–Crippen LogP) is 7.60. The van der Waals surface area contributed by atoms with Gasteiger partial charge in [-0.05, 0) is 77.4 Å². The number of halogens is 4. The van der Waals surface area contributed by atoms with E-state index >= 15 is 0 Å². The lowest BCUT2D eigenvalue weighted by molar-refractivity contribution is -0.130. The van der Waals surface area contributed by atoms with E-state index in [1.54, 1.807) is 18.2 Å². The van der Waals surface area contributed by atoms with E-state index in [1.807, 2.05) is 72.8 Å². The van der Waals surface area contributed by atoms with Crippen molar-refractivity contribution < 1.29 is 19.4 Å². The number of aliphatic hydroxyl groups excluding tert-OH is 1. The molecule has 1 amide bonds. The van der Waals surface area contributed by atoms with Gasteiger partial charge in [0.15, 0.2) is 11.6 Å². The molecule has 0 unspecified atom stereocenters. The van der Waals surface area contributed by atoms with Gasteiger partial charge in [0, 0.05) is 50.5 Å². The van der Waals surface area contributed by atoms with E-state index in [2.05, 4.69) is 42.7 Å². The van der Waals surface area contributed by atoms with Crippen molar-refractivity contribution in [3.05, 3.63) is 132 Å². The van der Waals surface area contributed by atoms with Crippen molar-refractivity contribution in [3.8, 4) is 5.75 Å². The number of hydrogen-bond donors (Lipinski definition) is 3. The molecule has 4 aromatic carbocycles. The zero-order valence-corrected chi connectivity index (χ0v) is 28.1. The van der Waals surface area contributed by atoms with Crippen LogP contribution in [0.4, 0.5) is 0 Å². The zero-order valence-electron chi connectivity index (χ0n) is 23.4. The number of rotatable bonds is 12. The van der Waals surface area contributed by atoms with E-state index in [9.17, 15) is 4.79 Å². The van der Waals surface area contributed by atoms with Crippen molar-refractivity contribution in [2.75, 3.05) is 13.2 Å². The molecule has 44 heavy (non-hydrogen) atoms. The van der Waals surface area contributed by atoms with Crippen LogP contribution in [-0.4, -0.2) is 35.7 Å². The number of carbonyl (C=O) groups is 1. The Morgan fingerprint density at radius 2 is 1.64 bits per heavy atom. The maximum Gasteiger partial charge on any atom is 0.266 e. The molecule has 0 fully saturated rings. The van der Waals surface area contributed by atoms with Gasteiger partial charge in [-0.3, -0.25) is 10.2 Å². The van der Waals surface area contributed by atoms with Crippen LogP contribution in [0.2, 0.25) is 10.0 Å². The highest BCUT2D eigenvalue weighted by atomic mass is 79.9. The Morgan fingerprint density at radius 1 is 0.955 bits per heavy atom. The summed E-state index contributed by atoms with van der Waals surface area (Å²) in [5, 5.41) is 10.1. The number of nitrogens with one attached hydrogen (secondary N) is 2. The highest BCUT2D eigenvalue weighted by Gasteiger charge is 2.53. The fraction of sp³-hybridized carbons (Fsp3) is 0.212. The second-order valence-corrected chi connectivity index (χ2v) is 12.9. The molecule has 3 N–H and O–H groups in total. The van der Waals surface area contributed by atoms with E-state index in [4.69, 9.17) is 42.8 Å². The lowest BCUT2D eigenvalue weighted by atomic mass is 9.82. The van der Waals surface area contributed by atoms with Gasteiger partial charge >= 0.3 is 0 Å². The summed E-state index contributed by atoms with van der Waals surface area (Å²) in [7, 11) is 0. The number of nitrogens with zero attached hydrogens (tertiary/aromatic N) is 1. The van der Waals surface area contributed by atoms with Crippen LogP contribution in [0.15, 0.2) is 105 Å². The molecule has 228 valence electrons. The Labute approximate surface area is 282 Å². The highest BCUT2D eigenvalue weighted by Crippen LogP contribution is 2.43. The first-order valence-corrected chi connectivity index (χ1v) is 16.2. The average molecular weight is 762 g/mol. The normalized spacial score (nSPS) is 17.6. The van der Waals surface area contributed by atoms with Gasteiger partial charge in [-0.15, -0.1) is 0 Å². The summed E-state index contributed by atoms with van der Waals surface area (Å²) >= 11 is 19.4. The summed E-state index contributed by atoms with van der Waals surface area (Å²) in [5.41, 5.74) is 7.72. The van der Waals surface area contributed by atoms with E-state index in [-0.39, 0.29) is 25.5 Å². The van der Waals surface area contributed by atoms with Crippen LogP contribution in [0, 0.1) is 0 Å². The monoisotopic (exact) mass is 759 g/mol. The van der Waals surface area contributed by atoms with Crippen molar-refractivity contribution in [2.45, 2.75) is 31.0 Å². The molecule has 11 heteroatoms. The maximum absolute atomic E-state index is 14.3. The molecule has 1 aliphatic rings. The van der Waals surface area contributed by atoms with Crippen LogP contribution < -0.4 is 15.6 Å². The summed E-state index contributed by atoms with van der Waals surface area (Å²) in [6, 6.07) is 28.0. The van der Waals surface area contributed by atoms with Gasteiger partial charge < -0.3 is 14.6 Å². The molecule has 4 aromatic rings. The van der Waals surface area contributed by atoms with E-state index < -0.39 is 11.6 Å². The van der Waals surface area contributed by atoms with Gasteiger partial charge in [0.25, 0.3) is 5.91 Å². The molecule has 0 aliphatic carbocycles. The minimum atomic E-state index is -1.37. The van der Waals surface area contributed by atoms with Crippen LogP contribution in [0.1, 0.15) is 34.8 Å². The second kappa shape index (κ2) is 14.9. The second-order valence-electron chi connectivity index (χ2n) is 10.2. The van der Waals surface area contributed by atoms with Gasteiger partial charge in [-0.25, -0.2) is 10.4 Å². The van der Waals surface area contributed by atoms with Gasteiger partial charge in [-0.1, -0.05) is 85.4 Å². The molecular weight excluding hydrogens is 733 g/mol. The first-order chi connectivity index (χ1) is 21.3. The van der Waals surface area contributed by atoms with Crippen LogP contribution in [-0.2, 0) is 22.5 Å². The molecule has 5 rings (SSSR count). The SMILES string of the molecule is O=C(NNCc1ccc(Cl)cc1Cl)[C@@]1(Cc2ccc(Br)cc2)N=C(c2ccc(OCCCO)cc2)O[C@H]1c1ccc(Br)cc1. The summed E-state index contributed by atoms with van der Waals surface area (Å²) in [5.74, 6) is 0.638. The van der Waals surface area contributed by atoms with Crippen molar-refractivity contribution in [2.24, 2.45) is 4.99 Å². The number of amides is 1. The molecular formula is C33H29Br2Cl2N3O4. The van der Waals surface area contributed by atoms with Crippen molar-refractivity contribution in [1.82, 2.24) is 10.9 Å². The van der Waals surface area contributed by atoms with Crippen LogP contribution in [0.3, 0.4) is 0 Å². The molecule has 1 aliphatic heterocycles. The fourth-order valence-electron chi connectivity index (χ4n) is 4.83. The number of benzene rings is 4. The molecule has 0 aromatic heterocycles. The van der Waals surface area contributed by atoms with E-state index in [0.717, 1.165) is 25.6 Å². The minimum Gasteiger partial charge on any atom is -0.494 e. The third-order valence-corrected chi connectivity index (χ3v) is 8.73. The predicted molar refractivity (Wildman–Crippen MR) is 180 cm³/mol. The molecule has 0 spiro atoms. The number of aliphatic imine (C=N–C) groups is 1. The van der Waals surface area contributed by atoms with Gasteiger partial charge in [0.2, 0.25) is 5.90 Å². The number of hydrazine groups is 1. The smallest absolute Gasteiger partial charge is 0.266 e. The quantitative estimate of drug-likeness (QED) is 0.102. The molecule has 1 heterocycles. The topological polar surface area (TPSA) is 92.2 Å². The lowest BCUT2D eigenvalue weighted by Gasteiger charge is -2.31. The Morgan fingerprint density at radius 3 is 2.30 bits per heavy atom. The van der Waals surface area contributed by atoms with E-state index in [0.29, 0.717) is 40.3 Å². The number of carbonyl (C=O) groups excluding carboxylic acids is 1. The molecule has 0 radical (unpaired) electrons. The van der Waals surface area contributed by atoms with Crippen LogP contribution in [0.25, 0.3) is 0 Å². The fourth-order valence-corrected chi connectivity index (χ4v) is 5.83. The van der Waals surface area contributed by atoms with Crippen LogP contribution >= 0.6 is 55.1 Å². The summed E-state index contributed by atoms with van der Waals surface area (Å²) in [6.45, 7) is 0.738. The Balaban J connectivity index is 1.51. The third-order valence-electron chi connectivity index (χ3n) is 7.09. The third kappa shape index (κ3) is 7.83. The van der Waals surface area contributed by atoms with Crippen molar-refractivity contribution in [3.63, 3.8) is 0 Å². The minimum absolute atomic E-state index is 0.0598. The largest absolute Gasteiger partial charge is 0.494 e. The molecule has 2 atom stereocenters. The first kappa shape index (κ1) is 32.5. The summed E-state index contributed by atoms with van der Waals surface area (Å²) < 4.78 is 14.1. The van der Waals surface area contributed by atoms with Crippen molar-refractivity contribution >= 4 is 66.9 Å². The van der Waals surface area contributed by atoms with Gasteiger partial charge in [-0.2, -0.15) is 0 Å². The van der Waals surface area contributed by atoms with Gasteiger partial charge in [0.05, 0.1) is 6.61 Å². The Bertz CT molecular complexity index is 1620. The number of aliphatic hydroxyl groups is 1. The molecule has 7 nitrogen and oxygen atoms in total. The van der Waals surface area contributed by atoms with Crippen LogP contribution in [0.5, 0.6) is 5.75 Å². The average Bonchev–Trinajstić information content (AvgIpc) is 3.40. The molecule has 0 bridgehead atoms. The van der Waals surface area contributed by atoms with Gasteiger partial charge in [0.1, 0.15) is 5.75 Å². The summed E-state index contributed by atoms with van der Waals surface area (Å²) in [6.07, 6.45) is 0.0659. The first-order valence-electron chi connectivity index (χ1n) is 13.8. The number of ether oxygens (including phenoxy) is 2. The molecule has 0 saturated carbocycles. The zero-order chi connectivity index (χ0) is 31.1. The highest BCUT2D eigenvalue weighted by molar-refractivity contribution is 9.10. The van der Waals surface area contributed by atoms with Crippen molar-refractivity contribution in [1.29, 1.82) is 0 Å². The Kier molecular flexibility index (Phi) is 11.0. The Hall–Kier alpha value is -2.92. The number of hydrogen-bond acceptors (Lipinski definition) is 6. The standard InChI is InChI=1S/C33H29Br2Cl2N3O4/c34-25-9-2-21(3-10-25)19-33(32(42)40-38-20-24-6-13-27(36)18-29(24)37)30(22-4-11-26(35)12-5-22)44-31(39-33)23-7-14-28(15-8-23)43-17-1-16-41/h2-15,18,30,38,41H,1,16-17,19-20H2,(H,40,42)/t30-,33-/m0/s1. The summed E-state index contributed by atoms with van der Waals surface area (Å²) in [4.78, 5) is 19.4. The lowest BCUT2D eigenvalue weighted by Crippen LogP contribution is -2.53.